The minimum atomic E-state index is 0. The fourth-order valence-electron chi connectivity index (χ4n) is 4.52. The van der Waals surface area contributed by atoms with E-state index in [1.165, 1.54) is 37.7 Å². The maximum Gasteiger partial charge on any atom is 0.119 e. The number of halogens is 1. The molecule has 1 aromatic carbocycles. The Morgan fingerprint density at radius 2 is 1.80 bits per heavy atom. The molecule has 1 N–H and O–H groups in total. The van der Waals surface area contributed by atoms with Gasteiger partial charge in [0.2, 0.25) is 0 Å². The summed E-state index contributed by atoms with van der Waals surface area (Å²) in [7, 11) is 0. The molecule has 0 bridgehead atoms. The van der Waals surface area contributed by atoms with E-state index in [1.807, 2.05) is 0 Å². The van der Waals surface area contributed by atoms with Crippen LogP contribution in [0.2, 0.25) is 0 Å². The zero-order valence-electron chi connectivity index (χ0n) is 20.2. The Bertz CT molecular complexity index is 635. The van der Waals surface area contributed by atoms with Crippen molar-refractivity contribution in [1.82, 2.24) is 10.2 Å². The third kappa shape index (κ3) is 8.61. The van der Waals surface area contributed by atoms with Crippen LogP contribution in [0.4, 0.5) is 0 Å². The zero-order chi connectivity index (χ0) is 21.3. The quantitative estimate of drug-likeness (QED) is 0.373. The van der Waals surface area contributed by atoms with Gasteiger partial charge in [-0.1, -0.05) is 51.0 Å². The predicted octanol–water partition coefficient (Wildman–Crippen LogP) is 6.61. The molecule has 3 nitrogen and oxygen atoms in total. The smallest absolute Gasteiger partial charge is 0.119 e. The Balaban J connectivity index is 0.00000450. The molecule has 1 aliphatic rings. The lowest BCUT2D eigenvalue weighted by Crippen LogP contribution is -2.28. The van der Waals surface area contributed by atoms with Crippen molar-refractivity contribution in [3.8, 4) is 5.75 Å². The number of hydrogen-bond donors (Lipinski definition) is 1. The van der Waals surface area contributed by atoms with Gasteiger partial charge in [-0.25, -0.2) is 0 Å². The molecule has 1 aliphatic carbocycles. The number of nitrogens with zero attached hydrogens (tertiary/aromatic N) is 1. The maximum absolute atomic E-state index is 5.89. The molecular formula is C26H45ClN2O. The zero-order valence-corrected chi connectivity index (χ0v) is 21.0. The molecular weight excluding hydrogens is 392 g/mol. The molecule has 0 heterocycles. The summed E-state index contributed by atoms with van der Waals surface area (Å²) in [6, 6.07) is 9.09. The fraction of sp³-hybridized carbons (Fsp3) is 0.692. The molecule has 0 aromatic heterocycles. The molecule has 0 aliphatic heterocycles. The molecule has 1 atom stereocenters. The number of rotatable bonds is 12. The summed E-state index contributed by atoms with van der Waals surface area (Å²) in [5.41, 5.74) is 5.07. The van der Waals surface area contributed by atoms with E-state index in [4.69, 9.17) is 4.74 Å². The maximum atomic E-state index is 5.89. The molecule has 0 saturated heterocycles. The van der Waals surface area contributed by atoms with Gasteiger partial charge < -0.3 is 15.0 Å². The van der Waals surface area contributed by atoms with Crippen LogP contribution in [0, 0.1) is 5.41 Å². The van der Waals surface area contributed by atoms with Crippen molar-refractivity contribution in [3.63, 3.8) is 0 Å². The van der Waals surface area contributed by atoms with E-state index in [9.17, 15) is 0 Å². The van der Waals surface area contributed by atoms with Gasteiger partial charge in [-0.15, -0.1) is 12.4 Å². The Labute approximate surface area is 192 Å². The van der Waals surface area contributed by atoms with Crippen molar-refractivity contribution in [2.75, 3.05) is 26.2 Å². The van der Waals surface area contributed by atoms with E-state index in [0.717, 1.165) is 38.5 Å². The Kier molecular flexibility index (Phi) is 12.1. The average Bonchev–Trinajstić information content (AvgIpc) is 2.69. The third-order valence-corrected chi connectivity index (χ3v) is 6.66. The highest BCUT2D eigenvalue weighted by Gasteiger charge is 2.28. The van der Waals surface area contributed by atoms with Gasteiger partial charge in [0.25, 0.3) is 0 Å². The van der Waals surface area contributed by atoms with Crippen LogP contribution >= 0.6 is 12.4 Å². The lowest BCUT2D eigenvalue weighted by atomic mass is 9.71. The van der Waals surface area contributed by atoms with Gasteiger partial charge in [-0.2, -0.15) is 0 Å². The summed E-state index contributed by atoms with van der Waals surface area (Å²) in [5.74, 6) is 0.968. The van der Waals surface area contributed by atoms with Gasteiger partial charge in [-0.05, 0) is 82.2 Å². The Hall–Kier alpha value is -1.03. The SMILES string of the molecule is CCN(CC)CCOc1ccc(CNC(C)CCC2=C(C)CCCC2(C)C)cc1.Cl. The van der Waals surface area contributed by atoms with Crippen LogP contribution in [-0.4, -0.2) is 37.2 Å². The highest BCUT2D eigenvalue weighted by molar-refractivity contribution is 5.85. The monoisotopic (exact) mass is 436 g/mol. The molecule has 0 saturated carbocycles. The summed E-state index contributed by atoms with van der Waals surface area (Å²) in [4.78, 5) is 2.38. The minimum Gasteiger partial charge on any atom is -0.492 e. The molecule has 30 heavy (non-hydrogen) atoms. The van der Waals surface area contributed by atoms with Crippen LogP contribution in [0.25, 0.3) is 0 Å². The normalized spacial score (nSPS) is 17.0. The van der Waals surface area contributed by atoms with Crippen LogP contribution in [0.3, 0.4) is 0 Å². The summed E-state index contributed by atoms with van der Waals surface area (Å²) in [5, 5.41) is 3.70. The van der Waals surface area contributed by atoms with Gasteiger partial charge in [0.05, 0.1) is 0 Å². The number of hydrogen-bond acceptors (Lipinski definition) is 3. The number of likely N-dealkylation sites (N-methyl/N-ethyl adjacent to an activating group) is 1. The van der Waals surface area contributed by atoms with E-state index in [2.05, 4.69) is 76.0 Å². The number of ether oxygens (including phenoxy) is 1. The largest absolute Gasteiger partial charge is 0.492 e. The van der Waals surface area contributed by atoms with E-state index < -0.39 is 0 Å². The highest BCUT2D eigenvalue weighted by atomic mass is 35.5. The molecule has 2 rings (SSSR count). The number of benzene rings is 1. The second-order valence-corrected chi connectivity index (χ2v) is 9.34. The Morgan fingerprint density at radius 3 is 2.40 bits per heavy atom. The van der Waals surface area contributed by atoms with E-state index in [0.29, 0.717) is 11.5 Å². The first-order valence-electron chi connectivity index (χ1n) is 11.7. The van der Waals surface area contributed by atoms with Crippen molar-refractivity contribution in [1.29, 1.82) is 0 Å². The second-order valence-electron chi connectivity index (χ2n) is 9.34. The van der Waals surface area contributed by atoms with Crippen molar-refractivity contribution in [3.05, 3.63) is 41.0 Å². The van der Waals surface area contributed by atoms with Crippen LogP contribution in [0.5, 0.6) is 5.75 Å². The van der Waals surface area contributed by atoms with Crippen LogP contribution in [0.15, 0.2) is 35.4 Å². The first kappa shape index (κ1) is 27.0. The lowest BCUT2D eigenvalue weighted by Gasteiger charge is -2.35. The standard InChI is InChI=1S/C26H44N2O.ClH/c1-7-28(8-2)18-19-29-24-14-12-23(13-15-24)20-27-22(4)11-16-25-21(3)10-9-17-26(25,5)6;/h12-15,22,27H,7-11,16-20H2,1-6H3;1H. The van der Waals surface area contributed by atoms with Crippen LogP contribution < -0.4 is 10.1 Å². The van der Waals surface area contributed by atoms with Crippen molar-refractivity contribution in [2.24, 2.45) is 5.41 Å². The van der Waals surface area contributed by atoms with E-state index in [-0.39, 0.29) is 12.4 Å². The fourth-order valence-corrected chi connectivity index (χ4v) is 4.52. The van der Waals surface area contributed by atoms with Gasteiger partial charge in [0.15, 0.2) is 0 Å². The second kappa shape index (κ2) is 13.4. The van der Waals surface area contributed by atoms with Gasteiger partial charge in [-0.3, -0.25) is 0 Å². The third-order valence-electron chi connectivity index (χ3n) is 6.66. The molecule has 172 valence electrons. The summed E-state index contributed by atoms with van der Waals surface area (Å²) in [6.45, 7) is 18.7. The molecule has 0 fully saturated rings. The predicted molar refractivity (Wildman–Crippen MR) is 133 cm³/mol. The van der Waals surface area contributed by atoms with Crippen molar-refractivity contribution < 1.29 is 4.74 Å². The van der Waals surface area contributed by atoms with Crippen molar-refractivity contribution >= 4 is 12.4 Å². The van der Waals surface area contributed by atoms with Gasteiger partial charge >= 0.3 is 0 Å². The molecule has 4 heteroatoms. The van der Waals surface area contributed by atoms with Gasteiger partial charge in [0.1, 0.15) is 12.4 Å². The molecule has 1 aromatic rings. The number of allylic oxidation sites excluding steroid dienone is 2. The molecule has 0 spiro atoms. The molecule has 0 amide bonds. The van der Waals surface area contributed by atoms with Crippen LogP contribution in [-0.2, 0) is 6.54 Å². The lowest BCUT2D eigenvalue weighted by molar-refractivity contribution is 0.223. The summed E-state index contributed by atoms with van der Waals surface area (Å²) >= 11 is 0. The number of nitrogens with one attached hydrogen (secondary N) is 1. The summed E-state index contributed by atoms with van der Waals surface area (Å²) < 4.78 is 5.89. The first-order valence-corrected chi connectivity index (χ1v) is 11.7. The first-order chi connectivity index (χ1) is 13.9. The molecule has 1 unspecified atom stereocenters. The van der Waals surface area contributed by atoms with E-state index >= 15 is 0 Å². The molecule has 0 radical (unpaired) electrons. The van der Waals surface area contributed by atoms with Crippen molar-refractivity contribution in [2.45, 2.75) is 86.2 Å². The van der Waals surface area contributed by atoms with E-state index in [1.54, 1.807) is 11.1 Å². The van der Waals surface area contributed by atoms with Crippen LogP contribution in [0.1, 0.15) is 79.2 Å². The minimum absolute atomic E-state index is 0. The van der Waals surface area contributed by atoms with Gasteiger partial charge in [0, 0.05) is 19.1 Å². The highest BCUT2D eigenvalue weighted by Crippen LogP contribution is 2.42. The average molecular weight is 437 g/mol. The summed E-state index contributed by atoms with van der Waals surface area (Å²) in [6.07, 6.45) is 6.43. The Morgan fingerprint density at radius 1 is 1.13 bits per heavy atom. The topological polar surface area (TPSA) is 24.5 Å².